The van der Waals surface area contributed by atoms with E-state index in [0.717, 1.165) is 11.2 Å². The molecule has 0 radical (unpaired) electrons. The van der Waals surface area contributed by atoms with Gasteiger partial charge in [-0.15, -0.1) is 0 Å². The van der Waals surface area contributed by atoms with Crippen LogP contribution in [0, 0.1) is 0 Å². The molecule has 0 aromatic carbocycles. The highest BCUT2D eigenvalue weighted by atomic mass is 16.4. The molecule has 9 heavy (non-hydrogen) atoms. The third-order valence-corrected chi connectivity index (χ3v) is 1.83. The molecule has 4 rings (SSSR count). The highest BCUT2D eigenvalue weighted by molar-refractivity contribution is 5.76. The van der Waals surface area contributed by atoms with Crippen molar-refractivity contribution in [2.24, 2.45) is 0 Å². The Morgan fingerprint density at radius 2 is 2.22 bits per heavy atom. The van der Waals surface area contributed by atoms with Gasteiger partial charge in [0.25, 0.3) is 0 Å². The van der Waals surface area contributed by atoms with Crippen molar-refractivity contribution in [2.75, 3.05) is 0 Å². The molecular formula is C8H4O. The minimum atomic E-state index is 1.05. The average Bonchev–Trinajstić information content (AvgIpc) is 2.11. The van der Waals surface area contributed by atoms with E-state index in [0.29, 0.717) is 0 Å². The predicted octanol–water partition coefficient (Wildman–Crippen LogP) is 0.229. The monoisotopic (exact) mass is 116 g/mol. The highest BCUT2D eigenvalue weighted by Gasteiger charge is 2.16. The molecule has 0 saturated heterocycles. The first-order valence-corrected chi connectivity index (χ1v) is 2.98. The van der Waals surface area contributed by atoms with E-state index in [2.05, 4.69) is 24.3 Å². The minimum absolute atomic E-state index is 1.05. The fourth-order valence-corrected chi connectivity index (χ4v) is 1.35. The Hall–Kier alpha value is -1.24. The molecule has 42 valence electrons. The number of allylic oxidation sites excluding steroid dienone is 1. The molecule has 1 aromatic heterocycles. The number of hydrogen-bond donors (Lipinski definition) is 0. The molecule has 1 nitrogen and oxygen atoms in total. The lowest BCUT2D eigenvalue weighted by atomic mass is 10.3. The van der Waals surface area contributed by atoms with Crippen LogP contribution in [-0.2, 0) is 0 Å². The van der Waals surface area contributed by atoms with E-state index < -0.39 is 0 Å². The molecule has 2 aliphatic carbocycles. The summed E-state index contributed by atoms with van der Waals surface area (Å²) < 4.78 is 5.24. The van der Waals surface area contributed by atoms with Crippen LogP contribution in [0.5, 0.6) is 0 Å². The van der Waals surface area contributed by atoms with E-state index in [-0.39, 0.29) is 0 Å². The lowest BCUT2D eigenvalue weighted by molar-refractivity contribution is 0.488. The molecular weight excluding hydrogens is 112 g/mol. The molecule has 0 atom stereocenters. The quantitative estimate of drug-likeness (QED) is 0.480. The van der Waals surface area contributed by atoms with E-state index in [1.54, 1.807) is 0 Å². The normalized spacial score (nSPS) is 16.0. The summed E-state index contributed by atoms with van der Waals surface area (Å²) >= 11 is 0. The first kappa shape index (κ1) is 3.72. The molecule has 1 heteroatoms. The fourth-order valence-electron chi connectivity index (χ4n) is 1.35. The summed E-state index contributed by atoms with van der Waals surface area (Å²) in [5, 5.41) is 1.27. The minimum Gasteiger partial charge on any atom is -0.456 e. The summed E-state index contributed by atoms with van der Waals surface area (Å²) in [7, 11) is 0. The van der Waals surface area contributed by atoms with E-state index >= 15 is 0 Å². The number of hydrogen-bond acceptors (Lipinski definition) is 1. The van der Waals surface area contributed by atoms with Crippen molar-refractivity contribution in [3.8, 4) is 0 Å². The SMILES string of the molecule is C1=Cc2c3oc(c2=C1)=C3. The third-order valence-electron chi connectivity index (χ3n) is 1.83. The molecule has 0 spiro atoms. The van der Waals surface area contributed by atoms with Gasteiger partial charge in [-0.1, -0.05) is 18.2 Å². The van der Waals surface area contributed by atoms with E-state index in [9.17, 15) is 0 Å². The number of furan rings is 1. The first-order valence-electron chi connectivity index (χ1n) is 2.98. The first-order chi connectivity index (χ1) is 4.45. The van der Waals surface area contributed by atoms with Crippen LogP contribution in [0.1, 0.15) is 11.3 Å². The topological polar surface area (TPSA) is 13.1 Å². The van der Waals surface area contributed by atoms with Crippen LogP contribution in [0.15, 0.2) is 10.5 Å². The second-order valence-corrected chi connectivity index (χ2v) is 2.33. The van der Waals surface area contributed by atoms with Gasteiger partial charge in [0, 0.05) is 16.9 Å². The molecule has 1 aromatic rings. The average molecular weight is 116 g/mol. The van der Waals surface area contributed by atoms with E-state index in [4.69, 9.17) is 4.42 Å². The van der Waals surface area contributed by atoms with Gasteiger partial charge in [0.2, 0.25) is 0 Å². The lowest BCUT2D eigenvalue weighted by Crippen LogP contribution is -2.19. The van der Waals surface area contributed by atoms with Crippen molar-refractivity contribution < 1.29 is 4.42 Å². The van der Waals surface area contributed by atoms with Crippen LogP contribution < -0.4 is 10.6 Å². The maximum Gasteiger partial charge on any atom is 0.139 e. The zero-order valence-corrected chi connectivity index (χ0v) is 4.72. The Morgan fingerprint density at radius 3 is 3.00 bits per heavy atom. The zero-order chi connectivity index (χ0) is 5.84. The molecule has 0 amide bonds. The van der Waals surface area contributed by atoms with E-state index in [1.165, 1.54) is 10.8 Å². The van der Waals surface area contributed by atoms with Crippen molar-refractivity contribution in [1.29, 1.82) is 0 Å². The van der Waals surface area contributed by atoms with Gasteiger partial charge in [-0.05, 0) is 0 Å². The summed E-state index contributed by atoms with van der Waals surface area (Å²) in [4.78, 5) is 0. The van der Waals surface area contributed by atoms with Crippen molar-refractivity contribution in [2.45, 2.75) is 0 Å². The molecule has 0 N–H and O–H groups in total. The standard InChI is InChI=1S/C8H4O/c1-2-5-6(3-1)8-4-7(5)9-8/h1-4H. The maximum absolute atomic E-state index is 5.24. The van der Waals surface area contributed by atoms with Gasteiger partial charge in [0.15, 0.2) is 0 Å². The van der Waals surface area contributed by atoms with Crippen LogP contribution in [0.4, 0.5) is 0 Å². The van der Waals surface area contributed by atoms with Gasteiger partial charge >= 0.3 is 0 Å². The summed E-state index contributed by atoms with van der Waals surface area (Å²) in [6, 6.07) is 0. The summed E-state index contributed by atoms with van der Waals surface area (Å²) in [5.41, 5.74) is 2.31. The Kier molecular flexibility index (Phi) is 0.374. The molecule has 2 heterocycles. The van der Waals surface area contributed by atoms with Crippen molar-refractivity contribution in [1.82, 2.24) is 0 Å². The molecule has 0 unspecified atom stereocenters. The van der Waals surface area contributed by atoms with Gasteiger partial charge in [-0.3, -0.25) is 0 Å². The summed E-state index contributed by atoms with van der Waals surface area (Å²) in [6.45, 7) is 0. The van der Waals surface area contributed by atoms with Crippen LogP contribution in [-0.4, -0.2) is 0 Å². The van der Waals surface area contributed by atoms with Gasteiger partial charge < -0.3 is 4.42 Å². The molecule has 2 bridgehead atoms. The predicted molar refractivity (Wildman–Crippen MR) is 35.0 cm³/mol. The van der Waals surface area contributed by atoms with Crippen LogP contribution in [0.2, 0.25) is 0 Å². The van der Waals surface area contributed by atoms with E-state index in [1.807, 2.05) is 0 Å². The molecule has 3 aliphatic rings. The zero-order valence-electron chi connectivity index (χ0n) is 4.72. The molecule has 1 aliphatic heterocycles. The fraction of sp³-hybridized carbons (Fsp3) is 0. The largest absolute Gasteiger partial charge is 0.456 e. The van der Waals surface area contributed by atoms with Crippen molar-refractivity contribution in [3.05, 3.63) is 28.0 Å². The Bertz CT molecular complexity index is 418. The number of rotatable bonds is 0. The lowest BCUT2D eigenvalue weighted by Gasteiger charge is -1.90. The highest BCUT2D eigenvalue weighted by Crippen LogP contribution is 2.14. The van der Waals surface area contributed by atoms with Gasteiger partial charge in [-0.25, -0.2) is 0 Å². The second-order valence-electron chi connectivity index (χ2n) is 2.33. The smallest absolute Gasteiger partial charge is 0.139 e. The molecule has 0 fully saturated rings. The summed E-state index contributed by atoms with van der Waals surface area (Å²) in [6.07, 6.45) is 8.30. The third kappa shape index (κ3) is 0.250. The maximum atomic E-state index is 5.24. The Balaban J connectivity index is 2.79. The second kappa shape index (κ2) is 0.903. The van der Waals surface area contributed by atoms with Crippen molar-refractivity contribution in [3.63, 3.8) is 0 Å². The van der Waals surface area contributed by atoms with Crippen molar-refractivity contribution >= 4 is 18.2 Å². The van der Waals surface area contributed by atoms with Gasteiger partial charge in [0.05, 0.1) is 0 Å². The summed E-state index contributed by atoms with van der Waals surface area (Å²) in [5.74, 6) is 1.05. The van der Waals surface area contributed by atoms with Gasteiger partial charge in [0.1, 0.15) is 11.2 Å². The van der Waals surface area contributed by atoms with Gasteiger partial charge in [-0.2, -0.15) is 0 Å². The Morgan fingerprint density at radius 1 is 1.33 bits per heavy atom. The van der Waals surface area contributed by atoms with Crippen LogP contribution >= 0.6 is 0 Å². The Labute approximate surface area is 51.6 Å². The van der Waals surface area contributed by atoms with Crippen LogP contribution in [0.3, 0.4) is 0 Å². The van der Waals surface area contributed by atoms with Crippen LogP contribution in [0.25, 0.3) is 18.2 Å². The molecule has 0 saturated carbocycles.